The smallest absolute Gasteiger partial charge is 0.289 e. The van der Waals surface area contributed by atoms with Crippen molar-refractivity contribution in [3.8, 4) is 0 Å². The minimum atomic E-state index is -3.55. The number of carbonyl (C=O) groups excluding carboxylic acids is 1. The lowest BCUT2D eigenvalue weighted by Crippen LogP contribution is -2.50. The third-order valence-corrected chi connectivity index (χ3v) is 7.01. The molecular weight excluding hydrogens is 424 g/mol. The number of piperazine rings is 1. The highest BCUT2D eigenvalue weighted by atomic mass is 35.5. The minimum Gasteiger partial charge on any atom is -0.451 e. The third kappa shape index (κ3) is 4.14. The van der Waals surface area contributed by atoms with Crippen LogP contribution in [0.4, 0.5) is 0 Å². The van der Waals surface area contributed by atoms with Crippen LogP contribution in [0.3, 0.4) is 0 Å². The fourth-order valence-electron chi connectivity index (χ4n) is 3.50. The van der Waals surface area contributed by atoms with E-state index in [0.717, 1.165) is 16.5 Å². The lowest BCUT2D eigenvalue weighted by Gasteiger charge is -2.33. The van der Waals surface area contributed by atoms with Crippen LogP contribution in [-0.4, -0.2) is 49.7 Å². The Morgan fingerprint density at radius 3 is 2.47 bits per heavy atom. The standard InChI is InChI=1S/C22H21ClN2O4S/c1-16-19-15-18(23)7-8-20(19)29-21(16)22(26)24-10-12-25(13-11-24)30(27,28)14-9-17-5-3-2-4-6-17/h2-9,14-15H,10-13H2,1H3/b14-9+. The number of fused-ring (bicyclic) bond motifs is 1. The van der Waals surface area contributed by atoms with E-state index in [1.165, 1.54) is 9.71 Å². The van der Waals surface area contributed by atoms with Crippen molar-refractivity contribution in [1.29, 1.82) is 0 Å². The Morgan fingerprint density at radius 1 is 1.07 bits per heavy atom. The summed E-state index contributed by atoms with van der Waals surface area (Å²) in [7, 11) is -3.55. The molecule has 2 aromatic carbocycles. The van der Waals surface area contributed by atoms with Crippen molar-refractivity contribution in [2.75, 3.05) is 26.2 Å². The molecule has 0 N–H and O–H groups in total. The molecule has 0 spiro atoms. The van der Waals surface area contributed by atoms with Crippen LogP contribution < -0.4 is 0 Å². The van der Waals surface area contributed by atoms with E-state index in [-0.39, 0.29) is 24.8 Å². The minimum absolute atomic E-state index is 0.234. The van der Waals surface area contributed by atoms with Crippen LogP contribution in [0.2, 0.25) is 5.02 Å². The first-order chi connectivity index (χ1) is 14.3. The molecule has 1 amide bonds. The molecule has 1 saturated heterocycles. The van der Waals surface area contributed by atoms with Crippen molar-refractivity contribution in [1.82, 2.24) is 9.21 Å². The van der Waals surface area contributed by atoms with Crippen LogP contribution in [0.5, 0.6) is 0 Å². The van der Waals surface area contributed by atoms with E-state index in [4.69, 9.17) is 16.0 Å². The summed E-state index contributed by atoms with van der Waals surface area (Å²) in [6.45, 7) is 2.89. The van der Waals surface area contributed by atoms with Gasteiger partial charge in [-0.2, -0.15) is 4.31 Å². The number of sulfonamides is 1. The fourth-order valence-corrected chi connectivity index (χ4v) is 4.85. The van der Waals surface area contributed by atoms with E-state index >= 15 is 0 Å². The number of carbonyl (C=O) groups is 1. The third-order valence-electron chi connectivity index (χ3n) is 5.21. The molecule has 8 heteroatoms. The second-order valence-electron chi connectivity index (χ2n) is 7.15. The number of halogens is 1. The zero-order valence-corrected chi connectivity index (χ0v) is 18.0. The van der Waals surface area contributed by atoms with Gasteiger partial charge in [-0.3, -0.25) is 4.79 Å². The fraction of sp³-hybridized carbons (Fsp3) is 0.227. The molecule has 0 saturated carbocycles. The van der Waals surface area contributed by atoms with Gasteiger partial charge in [0.15, 0.2) is 5.76 Å². The van der Waals surface area contributed by atoms with Gasteiger partial charge in [0.25, 0.3) is 5.91 Å². The molecule has 4 rings (SSSR count). The molecule has 0 bridgehead atoms. The van der Waals surface area contributed by atoms with Gasteiger partial charge >= 0.3 is 0 Å². The second kappa shape index (κ2) is 8.26. The van der Waals surface area contributed by atoms with E-state index in [1.54, 1.807) is 29.2 Å². The van der Waals surface area contributed by atoms with Crippen LogP contribution in [-0.2, 0) is 10.0 Å². The predicted octanol–water partition coefficient (Wildman–Crippen LogP) is 4.15. The molecule has 1 aliphatic rings. The Bertz CT molecular complexity index is 1210. The summed E-state index contributed by atoms with van der Waals surface area (Å²) in [5, 5.41) is 2.60. The maximum Gasteiger partial charge on any atom is 0.289 e. The summed E-state index contributed by atoms with van der Waals surface area (Å²) in [6.07, 6.45) is 1.58. The molecule has 2 heterocycles. The Hall–Kier alpha value is -2.61. The molecule has 1 aliphatic heterocycles. The number of furan rings is 1. The van der Waals surface area contributed by atoms with Gasteiger partial charge in [0.2, 0.25) is 10.0 Å². The molecule has 0 atom stereocenters. The van der Waals surface area contributed by atoms with E-state index < -0.39 is 10.0 Å². The summed E-state index contributed by atoms with van der Waals surface area (Å²) in [4.78, 5) is 14.6. The van der Waals surface area contributed by atoms with E-state index in [2.05, 4.69) is 0 Å². The van der Waals surface area contributed by atoms with Crippen LogP contribution in [0.25, 0.3) is 17.0 Å². The van der Waals surface area contributed by atoms with Gasteiger partial charge in [-0.05, 0) is 36.8 Å². The largest absolute Gasteiger partial charge is 0.451 e. The monoisotopic (exact) mass is 444 g/mol. The van der Waals surface area contributed by atoms with Gasteiger partial charge in [0.05, 0.1) is 0 Å². The normalized spacial score (nSPS) is 15.9. The highest BCUT2D eigenvalue weighted by Gasteiger charge is 2.30. The lowest BCUT2D eigenvalue weighted by molar-refractivity contribution is 0.0668. The number of nitrogens with zero attached hydrogens (tertiary/aromatic N) is 2. The van der Waals surface area contributed by atoms with Crippen molar-refractivity contribution in [2.24, 2.45) is 0 Å². The van der Waals surface area contributed by atoms with Crippen molar-refractivity contribution in [3.05, 3.63) is 75.8 Å². The number of rotatable bonds is 4. The summed E-state index contributed by atoms with van der Waals surface area (Å²) in [5.41, 5.74) is 2.15. The van der Waals surface area contributed by atoms with Crippen LogP contribution in [0.15, 0.2) is 58.4 Å². The van der Waals surface area contributed by atoms with Gasteiger partial charge in [0.1, 0.15) is 5.58 Å². The van der Waals surface area contributed by atoms with Crippen molar-refractivity contribution in [2.45, 2.75) is 6.92 Å². The number of benzene rings is 2. The Morgan fingerprint density at radius 2 is 1.77 bits per heavy atom. The van der Waals surface area contributed by atoms with Crippen molar-refractivity contribution in [3.63, 3.8) is 0 Å². The number of hydrogen-bond donors (Lipinski definition) is 0. The molecule has 0 aliphatic carbocycles. The topological polar surface area (TPSA) is 70.8 Å². The Kier molecular flexibility index (Phi) is 5.69. The average molecular weight is 445 g/mol. The molecule has 1 fully saturated rings. The molecule has 6 nitrogen and oxygen atoms in total. The maximum absolute atomic E-state index is 13.0. The molecule has 0 unspecified atom stereocenters. The molecule has 0 radical (unpaired) electrons. The highest BCUT2D eigenvalue weighted by molar-refractivity contribution is 7.92. The molecule has 3 aromatic rings. The van der Waals surface area contributed by atoms with Crippen molar-refractivity contribution < 1.29 is 17.6 Å². The first-order valence-corrected chi connectivity index (χ1v) is 11.4. The first-order valence-electron chi connectivity index (χ1n) is 9.56. The molecule has 1 aromatic heterocycles. The van der Waals surface area contributed by atoms with E-state index in [1.807, 2.05) is 37.3 Å². The van der Waals surface area contributed by atoms with Crippen LogP contribution in [0.1, 0.15) is 21.7 Å². The predicted molar refractivity (Wildman–Crippen MR) is 118 cm³/mol. The SMILES string of the molecule is Cc1c(C(=O)N2CCN(S(=O)(=O)/C=C/c3ccccc3)CC2)oc2ccc(Cl)cc12. The summed E-state index contributed by atoms with van der Waals surface area (Å²) < 4.78 is 32.4. The summed E-state index contributed by atoms with van der Waals surface area (Å²) in [5.74, 6) is 0.0317. The summed E-state index contributed by atoms with van der Waals surface area (Å²) >= 11 is 6.05. The van der Waals surface area contributed by atoms with Gasteiger partial charge in [-0.1, -0.05) is 41.9 Å². The number of amides is 1. The Balaban J connectivity index is 1.45. The van der Waals surface area contributed by atoms with Gasteiger partial charge in [-0.15, -0.1) is 0 Å². The van der Waals surface area contributed by atoms with E-state index in [0.29, 0.717) is 23.7 Å². The number of aryl methyl sites for hydroxylation is 1. The lowest BCUT2D eigenvalue weighted by atomic mass is 10.1. The quantitative estimate of drug-likeness (QED) is 0.606. The van der Waals surface area contributed by atoms with Gasteiger partial charge in [-0.25, -0.2) is 8.42 Å². The van der Waals surface area contributed by atoms with Crippen molar-refractivity contribution >= 4 is 44.6 Å². The Labute approximate surface area is 180 Å². The number of hydrogen-bond acceptors (Lipinski definition) is 4. The van der Waals surface area contributed by atoms with E-state index in [9.17, 15) is 13.2 Å². The average Bonchev–Trinajstić information content (AvgIpc) is 3.08. The summed E-state index contributed by atoms with van der Waals surface area (Å²) in [6, 6.07) is 14.5. The van der Waals surface area contributed by atoms with Crippen LogP contribution >= 0.6 is 11.6 Å². The van der Waals surface area contributed by atoms with Crippen LogP contribution in [0, 0.1) is 6.92 Å². The van der Waals surface area contributed by atoms with Gasteiger partial charge < -0.3 is 9.32 Å². The molecular formula is C22H21ClN2O4S. The first kappa shape index (κ1) is 20.7. The maximum atomic E-state index is 13.0. The second-order valence-corrected chi connectivity index (χ2v) is 9.40. The highest BCUT2D eigenvalue weighted by Crippen LogP contribution is 2.29. The zero-order valence-electron chi connectivity index (χ0n) is 16.4. The molecule has 156 valence electrons. The van der Waals surface area contributed by atoms with Gasteiger partial charge in [0, 0.05) is 47.6 Å². The zero-order chi connectivity index (χ0) is 21.3. The molecule has 30 heavy (non-hydrogen) atoms.